The Hall–Kier alpha value is 0.274. The van der Waals surface area contributed by atoms with E-state index in [2.05, 4.69) is 198 Å². The number of hydrogen-bond donors (Lipinski definition) is 0. The third-order valence-electron chi connectivity index (χ3n) is 8.01. The number of nitrogens with zero attached hydrogens (tertiary/aromatic N) is 4. The predicted octanol–water partition coefficient (Wildman–Crippen LogP) is 9.80. The molecule has 0 radical (unpaired) electrons. The van der Waals surface area contributed by atoms with E-state index in [1.165, 1.54) is 0 Å². The minimum absolute atomic E-state index is 0.0366. The first kappa shape index (κ1) is 40.3. The van der Waals surface area contributed by atoms with Gasteiger partial charge in [0, 0.05) is 44.3 Å². The molecule has 4 nitrogen and oxygen atoms in total. The molecule has 0 unspecified atom stereocenters. The smallest absolute Gasteiger partial charge is 0.227 e. The van der Waals surface area contributed by atoms with E-state index in [-0.39, 0.29) is 44.3 Å². The van der Waals surface area contributed by atoms with Gasteiger partial charge >= 0.3 is 0 Å². The van der Waals surface area contributed by atoms with Crippen LogP contribution in [0, 0.1) is 0 Å². The van der Waals surface area contributed by atoms with E-state index >= 15 is 0 Å². The van der Waals surface area contributed by atoms with Crippen LogP contribution in [0.2, 0.25) is 13.1 Å². The summed E-state index contributed by atoms with van der Waals surface area (Å²) in [7, 11) is -5.42. The first-order valence-corrected chi connectivity index (χ1v) is 21.7. The molecule has 0 rings (SSSR count). The molecule has 0 aliphatic rings. The third-order valence-corrected chi connectivity index (χ3v) is 26.7. The van der Waals surface area contributed by atoms with E-state index in [1.807, 2.05) is 0 Å². The fourth-order valence-electron chi connectivity index (χ4n) is 10.3. The Bertz CT molecular complexity index is 646. The van der Waals surface area contributed by atoms with Gasteiger partial charge in [0.2, 0.25) is 15.8 Å². The van der Waals surface area contributed by atoms with Gasteiger partial charge in [0.05, 0.1) is 0 Å². The molecule has 0 atom stereocenters. The van der Waals surface area contributed by atoms with Crippen LogP contribution in [0.5, 0.6) is 0 Å². The molecule has 0 bridgehead atoms. The van der Waals surface area contributed by atoms with Crippen LogP contribution < -0.4 is 0 Å². The van der Waals surface area contributed by atoms with Gasteiger partial charge in [-0.3, -0.25) is 0 Å². The summed E-state index contributed by atoms with van der Waals surface area (Å²) in [5, 5.41) is 0. The van der Waals surface area contributed by atoms with Crippen molar-refractivity contribution in [3.05, 3.63) is 0 Å². The van der Waals surface area contributed by atoms with E-state index in [1.54, 1.807) is 0 Å². The van der Waals surface area contributed by atoms with Crippen molar-refractivity contribution in [3.8, 4) is 0 Å². The maximum atomic E-state index is 3.06. The molecule has 0 saturated heterocycles. The molecule has 0 N–H and O–H groups in total. The number of hydrogen-bond acceptors (Lipinski definition) is 4. The Morgan fingerprint density at radius 2 is 0.300 bits per heavy atom. The molecule has 0 fully saturated rings. The Labute approximate surface area is 257 Å². The zero-order valence-corrected chi connectivity index (χ0v) is 34.8. The van der Waals surface area contributed by atoms with Crippen LogP contribution in [0.15, 0.2) is 0 Å². The quantitative estimate of drug-likeness (QED) is 0.292. The third kappa shape index (κ3) is 8.05. The van der Waals surface area contributed by atoms with Crippen molar-refractivity contribution in [1.82, 2.24) is 18.3 Å². The average Bonchev–Trinajstić information content (AvgIpc) is 2.40. The van der Waals surface area contributed by atoms with Crippen molar-refractivity contribution in [2.45, 2.75) is 224 Å². The molecule has 242 valence electrons. The van der Waals surface area contributed by atoms with E-state index in [4.69, 9.17) is 0 Å². The molecule has 0 amide bonds. The van der Waals surface area contributed by atoms with Crippen LogP contribution in [-0.4, -0.2) is 78.4 Å². The maximum Gasteiger partial charge on any atom is 0.227 e. The summed E-state index contributed by atoms with van der Waals surface area (Å²) in [5.74, 6) is 0. The Kier molecular flexibility index (Phi) is 11.1. The van der Waals surface area contributed by atoms with Gasteiger partial charge in [0.1, 0.15) is 0 Å². The fourth-order valence-corrected chi connectivity index (χ4v) is 36.0. The molecular formula is C34H78N4Si2. The topological polar surface area (TPSA) is 13.0 Å². The molecule has 0 aromatic carbocycles. The van der Waals surface area contributed by atoms with E-state index in [0.717, 1.165) is 0 Å². The molecule has 0 aromatic heterocycles. The second-order valence-electron chi connectivity index (χ2n) is 20.7. The summed E-state index contributed by atoms with van der Waals surface area (Å²) in [5.41, 5.74) is -0.293. The van der Waals surface area contributed by atoms with Gasteiger partial charge < -0.3 is 18.3 Å². The van der Waals surface area contributed by atoms with Crippen molar-refractivity contribution < 1.29 is 0 Å². The van der Waals surface area contributed by atoms with E-state index in [0.29, 0.717) is 0 Å². The summed E-state index contributed by atoms with van der Waals surface area (Å²) in [6.07, 6.45) is 0. The lowest BCUT2D eigenvalue weighted by Crippen LogP contribution is -2.98. The number of rotatable bonds is 5. The van der Waals surface area contributed by atoms with Gasteiger partial charge in [0.25, 0.3) is 0 Å². The van der Waals surface area contributed by atoms with Crippen LogP contribution in [-0.2, 0) is 0 Å². The average molecular weight is 599 g/mol. The van der Waals surface area contributed by atoms with Gasteiger partial charge in [-0.25, -0.2) is 0 Å². The lowest BCUT2D eigenvalue weighted by atomic mass is 10.0. The van der Waals surface area contributed by atoms with Crippen LogP contribution in [0.25, 0.3) is 0 Å². The molecule has 0 aromatic rings. The minimum Gasteiger partial charge on any atom is -0.302 e. The molecule has 0 heterocycles. The van der Waals surface area contributed by atoms with Crippen molar-refractivity contribution in [3.63, 3.8) is 0 Å². The fraction of sp³-hybridized carbons (Fsp3) is 1.00. The van der Waals surface area contributed by atoms with Gasteiger partial charge in [-0.05, 0) is 179 Å². The van der Waals surface area contributed by atoms with Crippen molar-refractivity contribution in [2.75, 3.05) is 0 Å². The highest BCUT2D eigenvalue weighted by atomic mass is 29.3. The molecule has 40 heavy (non-hydrogen) atoms. The molecule has 6 heteroatoms. The predicted molar refractivity (Wildman–Crippen MR) is 189 cm³/mol. The molecule has 0 aliphatic carbocycles. The summed E-state index contributed by atoms with van der Waals surface area (Å²) in [6, 6.07) is 0. The van der Waals surface area contributed by atoms with Crippen molar-refractivity contribution in [1.29, 1.82) is 0 Å². The van der Waals surface area contributed by atoms with Crippen LogP contribution >= 0.6 is 0 Å². The highest BCUT2D eigenvalue weighted by molar-refractivity contribution is 7.37. The molecule has 0 saturated carbocycles. The van der Waals surface area contributed by atoms with Gasteiger partial charge in [-0.15, -0.1) is 0 Å². The largest absolute Gasteiger partial charge is 0.302 e. The Morgan fingerprint density at radius 1 is 0.225 bits per heavy atom. The summed E-state index contributed by atoms with van der Waals surface area (Å²) >= 11 is 0. The molecule has 0 aliphatic heterocycles. The monoisotopic (exact) mass is 599 g/mol. The summed E-state index contributed by atoms with van der Waals surface area (Å²) in [6.45, 7) is 64.9. The zero-order chi connectivity index (χ0) is 33.3. The van der Waals surface area contributed by atoms with Crippen LogP contribution in [0.1, 0.15) is 166 Å². The Morgan fingerprint density at radius 3 is 0.350 bits per heavy atom. The SMILES string of the molecule is CC(C)(C)N(C(C)(C)C)[Si](C)(N(C(C)(C)C)C(C)(C)C)[Si](C)(N(C(C)(C)C)C(C)(C)C)N(C(C)(C)C)C(C)(C)C. The second kappa shape index (κ2) is 11.0. The van der Waals surface area contributed by atoms with Gasteiger partial charge in [-0.2, -0.15) is 0 Å². The zero-order valence-electron chi connectivity index (χ0n) is 32.8. The second-order valence-corrected chi connectivity index (χ2v) is 32.3. The van der Waals surface area contributed by atoms with Crippen LogP contribution in [0.4, 0.5) is 0 Å². The van der Waals surface area contributed by atoms with Gasteiger partial charge in [0.15, 0.2) is 0 Å². The lowest BCUT2D eigenvalue weighted by Gasteiger charge is -2.75. The standard InChI is InChI=1S/C34H78N4Si2/c1-27(2,3)35(28(4,5)6)39(25,36(29(7,8)9)30(10,11)12)40(26,37(31(13,14)15)32(16,17)18)38(33(19,20)21)34(22,23)24/h1-26H3. The normalized spacial score (nSPS) is 16.6. The summed E-state index contributed by atoms with van der Waals surface area (Å²) < 4.78 is 12.2. The Balaban J connectivity index is 9.28. The maximum absolute atomic E-state index is 3.06. The van der Waals surface area contributed by atoms with Crippen molar-refractivity contribution >= 4 is 15.8 Å². The minimum atomic E-state index is -2.71. The molecule has 0 spiro atoms. The van der Waals surface area contributed by atoms with Crippen molar-refractivity contribution in [2.24, 2.45) is 0 Å². The first-order chi connectivity index (χ1) is 16.7. The lowest BCUT2D eigenvalue weighted by molar-refractivity contribution is 0.0334. The first-order valence-electron chi connectivity index (χ1n) is 15.9. The highest BCUT2D eigenvalue weighted by Gasteiger charge is 2.73. The summed E-state index contributed by atoms with van der Waals surface area (Å²) in [4.78, 5) is 0. The van der Waals surface area contributed by atoms with E-state index in [9.17, 15) is 0 Å². The van der Waals surface area contributed by atoms with Crippen LogP contribution in [0.3, 0.4) is 0 Å². The highest BCUT2D eigenvalue weighted by Crippen LogP contribution is 2.52. The van der Waals surface area contributed by atoms with Gasteiger partial charge in [-0.1, -0.05) is 0 Å². The van der Waals surface area contributed by atoms with E-state index < -0.39 is 15.8 Å². The molecular weight excluding hydrogens is 521 g/mol.